The first kappa shape index (κ1) is 9.03. The maximum atomic E-state index is 10.9. The Morgan fingerprint density at radius 1 is 1.50 bits per heavy atom. The Kier molecular flexibility index (Phi) is 2.68. The summed E-state index contributed by atoms with van der Waals surface area (Å²) >= 11 is 0. The van der Waals surface area contributed by atoms with Crippen molar-refractivity contribution in [1.29, 1.82) is 0 Å². The molecule has 12 heavy (non-hydrogen) atoms. The fourth-order valence-corrected chi connectivity index (χ4v) is 1.07. The lowest BCUT2D eigenvalue weighted by Crippen LogP contribution is -2.24. The molecule has 0 saturated carbocycles. The molecule has 1 fully saturated rings. The molecule has 1 rings (SSSR count). The molecule has 1 atom stereocenters. The third-order valence-corrected chi connectivity index (χ3v) is 1.77. The summed E-state index contributed by atoms with van der Waals surface area (Å²) in [6.45, 7) is 4.13. The van der Waals surface area contributed by atoms with Crippen LogP contribution in [0.25, 0.3) is 0 Å². The minimum absolute atomic E-state index is 0.305. The van der Waals surface area contributed by atoms with Crippen LogP contribution < -0.4 is 5.32 Å². The third-order valence-electron chi connectivity index (χ3n) is 1.77. The average molecular weight is 171 g/mol. The van der Waals surface area contributed by atoms with Crippen molar-refractivity contribution in [2.24, 2.45) is 5.92 Å². The quantitative estimate of drug-likeness (QED) is 0.690. The van der Waals surface area contributed by atoms with E-state index in [-0.39, 0.29) is 5.91 Å². The van der Waals surface area contributed by atoms with Gasteiger partial charge in [-0.1, -0.05) is 13.8 Å². The highest BCUT2D eigenvalue weighted by Gasteiger charge is 2.31. The highest BCUT2D eigenvalue weighted by molar-refractivity contribution is 5.99. The Balaban J connectivity index is 2.33. The Morgan fingerprint density at radius 3 is 2.58 bits per heavy atom. The molecule has 0 radical (unpaired) electrons. The second-order valence-electron chi connectivity index (χ2n) is 3.35. The molecule has 68 valence electrons. The van der Waals surface area contributed by atoms with Crippen molar-refractivity contribution in [2.75, 3.05) is 0 Å². The first-order chi connectivity index (χ1) is 5.59. The number of nitrogens with one attached hydrogen (secondary N) is 1. The summed E-state index contributed by atoms with van der Waals surface area (Å²) < 4.78 is 4.72. The van der Waals surface area contributed by atoms with E-state index in [0.717, 1.165) is 6.42 Å². The number of carbonyl (C=O) groups excluding carboxylic acids is 2. The second kappa shape index (κ2) is 3.56. The van der Waals surface area contributed by atoms with E-state index in [1.165, 1.54) is 0 Å². The normalized spacial score (nSPS) is 22.8. The molecule has 0 spiro atoms. The van der Waals surface area contributed by atoms with Gasteiger partial charge in [0, 0.05) is 0 Å². The maximum absolute atomic E-state index is 10.9. The molecule has 0 aromatic heterocycles. The molecule has 1 unspecified atom stereocenters. The number of carbonyl (C=O) groups is 2. The minimum Gasteiger partial charge on any atom is -0.436 e. The predicted octanol–water partition coefficient (Wildman–Crippen LogP) is 1.06. The fraction of sp³-hybridized carbons (Fsp3) is 0.750. The SMILES string of the molecule is CC(C)CCC1OC(=O)NC1=O. The molecule has 4 heteroatoms. The molecule has 1 N–H and O–H groups in total. The average Bonchev–Trinajstić information content (AvgIpc) is 2.26. The Bertz CT molecular complexity index is 200. The summed E-state index contributed by atoms with van der Waals surface area (Å²) in [5, 5.41) is 2.09. The molecule has 2 amide bonds. The van der Waals surface area contributed by atoms with Gasteiger partial charge < -0.3 is 4.74 Å². The smallest absolute Gasteiger partial charge is 0.414 e. The molecular formula is C8H13NO3. The number of imide groups is 1. The molecule has 1 saturated heterocycles. The third kappa shape index (κ3) is 2.22. The fourth-order valence-electron chi connectivity index (χ4n) is 1.07. The zero-order chi connectivity index (χ0) is 9.14. The van der Waals surface area contributed by atoms with Gasteiger partial charge in [0.25, 0.3) is 5.91 Å². The zero-order valence-corrected chi connectivity index (χ0v) is 7.29. The number of hydrogen-bond acceptors (Lipinski definition) is 3. The van der Waals surface area contributed by atoms with Crippen LogP contribution in [-0.4, -0.2) is 18.1 Å². The Hall–Kier alpha value is -1.06. The van der Waals surface area contributed by atoms with Crippen molar-refractivity contribution in [3.05, 3.63) is 0 Å². The summed E-state index contributed by atoms with van der Waals surface area (Å²) in [7, 11) is 0. The van der Waals surface area contributed by atoms with E-state index in [2.05, 4.69) is 19.2 Å². The number of rotatable bonds is 3. The van der Waals surface area contributed by atoms with Crippen LogP contribution in [0.1, 0.15) is 26.7 Å². The minimum atomic E-state index is -0.617. The molecular weight excluding hydrogens is 158 g/mol. The largest absolute Gasteiger partial charge is 0.436 e. The molecule has 0 aromatic rings. The molecule has 4 nitrogen and oxygen atoms in total. The van der Waals surface area contributed by atoms with Crippen molar-refractivity contribution in [3.63, 3.8) is 0 Å². The Morgan fingerprint density at radius 2 is 2.17 bits per heavy atom. The Labute approximate surface area is 71.3 Å². The van der Waals surface area contributed by atoms with E-state index in [9.17, 15) is 9.59 Å². The van der Waals surface area contributed by atoms with Gasteiger partial charge in [0.15, 0.2) is 6.10 Å². The molecule has 0 bridgehead atoms. The van der Waals surface area contributed by atoms with Crippen LogP contribution >= 0.6 is 0 Å². The summed E-state index contributed by atoms with van der Waals surface area (Å²) in [5.41, 5.74) is 0. The summed E-state index contributed by atoms with van der Waals surface area (Å²) in [6, 6.07) is 0. The first-order valence-electron chi connectivity index (χ1n) is 4.11. The van der Waals surface area contributed by atoms with Crippen molar-refractivity contribution in [1.82, 2.24) is 5.32 Å². The number of alkyl carbamates (subject to hydrolysis) is 1. The topological polar surface area (TPSA) is 55.4 Å². The highest BCUT2D eigenvalue weighted by atomic mass is 16.6. The lowest BCUT2D eigenvalue weighted by Gasteiger charge is -2.07. The van der Waals surface area contributed by atoms with Gasteiger partial charge in [0.1, 0.15) is 0 Å². The summed E-state index contributed by atoms with van der Waals surface area (Å²) in [5.74, 6) is 0.220. The summed E-state index contributed by atoms with van der Waals surface area (Å²) in [6.07, 6.45) is 0.342. The maximum Gasteiger partial charge on any atom is 0.414 e. The number of hydrogen-bond donors (Lipinski definition) is 1. The van der Waals surface area contributed by atoms with E-state index >= 15 is 0 Å². The van der Waals surface area contributed by atoms with Gasteiger partial charge in [0.2, 0.25) is 0 Å². The van der Waals surface area contributed by atoms with Crippen molar-refractivity contribution in [3.8, 4) is 0 Å². The van der Waals surface area contributed by atoms with Crippen LogP contribution in [0.3, 0.4) is 0 Å². The second-order valence-corrected chi connectivity index (χ2v) is 3.35. The van der Waals surface area contributed by atoms with E-state index < -0.39 is 12.2 Å². The molecule has 1 heterocycles. The van der Waals surface area contributed by atoms with E-state index in [1.54, 1.807) is 0 Å². The van der Waals surface area contributed by atoms with Gasteiger partial charge in [-0.05, 0) is 18.8 Å². The van der Waals surface area contributed by atoms with Crippen molar-refractivity contribution in [2.45, 2.75) is 32.8 Å². The molecule has 0 aliphatic carbocycles. The van der Waals surface area contributed by atoms with Gasteiger partial charge in [-0.3, -0.25) is 10.1 Å². The van der Waals surface area contributed by atoms with Crippen LogP contribution in [0.4, 0.5) is 4.79 Å². The van der Waals surface area contributed by atoms with E-state index in [1.807, 2.05) is 0 Å². The van der Waals surface area contributed by atoms with E-state index in [0.29, 0.717) is 12.3 Å². The van der Waals surface area contributed by atoms with Crippen LogP contribution in [-0.2, 0) is 9.53 Å². The van der Waals surface area contributed by atoms with Crippen molar-refractivity contribution >= 4 is 12.0 Å². The number of ether oxygens (including phenoxy) is 1. The van der Waals surface area contributed by atoms with Gasteiger partial charge in [-0.2, -0.15) is 0 Å². The highest BCUT2D eigenvalue weighted by Crippen LogP contribution is 2.12. The monoisotopic (exact) mass is 171 g/mol. The van der Waals surface area contributed by atoms with Crippen LogP contribution in [0.5, 0.6) is 0 Å². The lowest BCUT2D eigenvalue weighted by molar-refractivity contribution is -0.123. The predicted molar refractivity (Wildman–Crippen MR) is 42.5 cm³/mol. The van der Waals surface area contributed by atoms with Gasteiger partial charge in [0.05, 0.1) is 0 Å². The van der Waals surface area contributed by atoms with Gasteiger partial charge in [-0.25, -0.2) is 4.79 Å². The molecule has 1 aliphatic rings. The first-order valence-corrected chi connectivity index (χ1v) is 4.11. The standard InChI is InChI=1S/C8H13NO3/c1-5(2)3-4-6-7(10)9-8(11)12-6/h5-6H,3-4H2,1-2H3,(H,9,10,11). The molecule has 0 aromatic carbocycles. The van der Waals surface area contributed by atoms with Crippen molar-refractivity contribution < 1.29 is 14.3 Å². The van der Waals surface area contributed by atoms with Crippen LogP contribution in [0.2, 0.25) is 0 Å². The number of cyclic esters (lactones) is 1. The van der Waals surface area contributed by atoms with E-state index in [4.69, 9.17) is 4.74 Å². The zero-order valence-electron chi connectivity index (χ0n) is 7.29. The molecule has 1 aliphatic heterocycles. The number of amides is 2. The van der Waals surface area contributed by atoms with Gasteiger partial charge in [-0.15, -0.1) is 0 Å². The lowest BCUT2D eigenvalue weighted by atomic mass is 10.1. The van der Waals surface area contributed by atoms with Crippen LogP contribution in [0.15, 0.2) is 0 Å². The summed E-state index contributed by atoms with van der Waals surface area (Å²) in [4.78, 5) is 21.5. The van der Waals surface area contributed by atoms with Crippen LogP contribution in [0, 0.1) is 5.92 Å². The van der Waals surface area contributed by atoms with Gasteiger partial charge >= 0.3 is 6.09 Å².